The number of amides is 1. The van der Waals surface area contributed by atoms with E-state index in [-0.39, 0.29) is 11.4 Å². The number of pyridine rings is 1. The third-order valence-electron chi connectivity index (χ3n) is 3.00. The van der Waals surface area contributed by atoms with Crippen LogP contribution < -0.4 is 15.2 Å². The van der Waals surface area contributed by atoms with Crippen LogP contribution in [-0.2, 0) is 6.42 Å². The number of hydrogen-bond donors (Lipinski definition) is 1. The van der Waals surface area contributed by atoms with Crippen LogP contribution in [0.1, 0.15) is 21.5 Å². The van der Waals surface area contributed by atoms with E-state index >= 15 is 0 Å². The third kappa shape index (κ3) is 2.71. The molecule has 1 aromatic heterocycles. The molecule has 0 spiro atoms. The van der Waals surface area contributed by atoms with Crippen molar-refractivity contribution >= 4 is 5.91 Å². The van der Waals surface area contributed by atoms with Gasteiger partial charge in [-0.2, -0.15) is 0 Å². The van der Waals surface area contributed by atoms with Crippen molar-refractivity contribution in [2.24, 2.45) is 5.73 Å². The van der Waals surface area contributed by atoms with Crippen LogP contribution in [0.5, 0.6) is 11.6 Å². The van der Waals surface area contributed by atoms with Gasteiger partial charge in [0.25, 0.3) is 5.91 Å². The number of methoxy groups -OCH3 is 2. The fraction of sp³-hybridized carbons (Fsp3) is 0.200. The maximum Gasteiger partial charge on any atom is 0.254 e. The lowest BCUT2D eigenvalue weighted by Gasteiger charge is -2.14. The van der Waals surface area contributed by atoms with Gasteiger partial charge in [-0.1, -0.05) is 30.3 Å². The van der Waals surface area contributed by atoms with Gasteiger partial charge in [0, 0.05) is 12.0 Å². The highest BCUT2D eigenvalue weighted by Crippen LogP contribution is 2.29. The van der Waals surface area contributed by atoms with E-state index in [4.69, 9.17) is 15.2 Å². The Labute approximate surface area is 117 Å². The molecule has 5 nitrogen and oxygen atoms in total. The second-order valence-corrected chi connectivity index (χ2v) is 4.22. The summed E-state index contributed by atoms with van der Waals surface area (Å²) in [7, 11) is 2.98. The van der Waals surface area contributed by atoms with Gasteiger partial charge in [0.05, 0.1) is 20.4 Å². The Morgan fingerprint density at radius 2 is 1.90 bits per heavy atom. The van der Waals surface area contributed by atoms with Gasteiger partial charge in [-0.15, -0.1) is 0 Å². The van der Waals surface area contributed by atoms with Gasteiger partial charge in [-0.05, 0) is 5.56 Å². The summed E-state index contributed by atoms with van der Waals surface area (Å²) in [4.78, 5) is 15.7. The summed E-state index contributed by atoms with van der Waals surface area (Å²) in [6.07, 6.45) is 2.05. The van der Waals surface area contributed by atoms with Crippen molar-refractivity contribution in [2.45, 2.75) is 6.42 Å². The van der Waals surface area contributed by atoms with Gasteiger partial charge in [0.1, 0.15) is 11.3 Å². The molecule has 0 bridgehead atoms. The van der Waals surface area contributed by atoms with Crippen molar-refractivity contribution in [3.8, 4) is 11.6 Å². The highest BCUT2D eigenvalue weighted by atomic mass is 16.5. The van der Waals surface area contributed by atoms with E-state index in [1.54, 1.807) is 0 Å². The minimum absolute atomic E-state index is 0.212. The molecule has 0 radical (unpaired) electrons. The minimum Gasteiger partial charge on any atom is -0.495 e. The molecule has 1 heterocycles. The second-order valence-electron chi connectivity index (χ2n) is 4.22. The lowest BCUT2D eigenvalue weighted by Crippen LogP contribution is -2.17. The lowest BCUT2D eigenvalue weighted by molar-refractivity contribution is 0.0995. The molecule has 0 unspecified atom stereocenters. The third-order valence-corrected chi connectivity index (χ3v) is 3.00. The molecule has 0 atom stereocenters. The first-order valence-corrected chi connectivity index (χ1v) is 6.11. The van der Waals surface area contributed by atoms with Gasteiger partial charge in [0.2, 0.25) is 5.88 Å². The zero-order valence-corrected chi connectivity index (χ0v) is 11.4. The molecule has 0 aliphatic heterocycles. The van der Waals surface area contributed by atoms with Crippen LogP contribution in [0.3, 0.4) is 0 Å². The lowest BCUT2D eigenvalue weighted by atomic mass is 10.00. The number of nitrogens with zero attached hydrogens (tertiary/aromatic N) is 1. The molecule has 0 aliphatic rings. The number of carbonyl (C=O) groups is 1. The van der Waals surface area contributed by atoms with E-state index in [2.05, 4.69) is 4.98 Å². The van der Waals surface area contributed by atoms with Gasteiger partial charge in [0.15, 0.2) is 0 Å². The predicted molar refractivity (Wildman–Crippen MR) is 75.1 cm³/mol. The molecule has 2 N–H and O–H groups in total. The highest BCUT2D eigenvalue weighted by molar-refractivity contribution is 5.97. The molecular weight excluding hydrogens is 256 g/mol. The maximum absolute atomic E-state index is 11.7. The monoisotopic (exact) mass is 272 g/mol. The van der Waals surface area contributed by atoms with Crippen LogP contribution >= 0.6 is 0 Å². The van der Waals surface area contributed by atoms with Crippen molar-refractivity contribution in [3.05, 3.63) is 53.2 Å². The fourth-order valence-corrected chi connectivity index (χ4v) is 2.07. The van der Waals surface area contributed by atoms with Crippen LogP contribution in [0.4, 0.5) is 0 Å². The first kappa shape index (κ1) is 13.9. The molecule has 0 fully saturated rings. The fourth-order valence-electron chi connectivity index (χ4n) is 2.07. The minimum atomic E-state index is -0.584. The van der Waals surface area contributed by atoms with Crippen LogP contribution in [0.25, 0.3) is 0 Å². The highest BCUT2D eigenvalue weighted by Gasteiger charge is 2.20. The van der Waals surface area contributed by atoms with E-state index in [1.807, 2.05) is 30.3 Å². The number of primary amides is 1. The molecule has 2 rings (SSSR count). The van der Waals surface area contributed by atoms with E-state index in [0.29, 0.717) is 17.7 Å². The largest absolute Gasteiger partial charge is 0.495 e. The molecule has 20 heavy (non-hydrogen) atoms. The summed E-state index contributed by atoms with van der Waals surface area (Å²) in [6, 6.07) is 9.74. The topological polar surface area (TPSA) is 74.4 Å². The average molecular weight is 272 g/mol. The van der Waals surface area contributed by atoms with E-state index < -0.39 is 5.91 Å². The Hall–Kier alpha value is -2.56. The number of aromatic nitrogens is 1. The van der Waals surface area contributed by atoms with E-state index in [1.165, 1.54) is 20.4 Å². The SMILES string of the molecule is COc1cnc(OC)c(C(N)=O)c1Cc1ccccc1. The van der Waals surface area contributed by atoms with Gasteiger partial charge < -0.3 is 15.2 Å². The van der Waals surface area contributed by atoms with Crippen LogP contribution in [0.2, 0.25) is 0 Å². The molecule has 1 aromatic carbocycles. The summed E-state index contributed by atoms with van der Waals surface area (Å²) in [6.45, 7) is 0. The Bertz CT molecular complexity index is 612. The summed E-state index contributed by atoms with van der Waals surface area (Å²) in [5.41, 5.74) is 7.44. The standard InChI is InChI=1S/C15H16N2O3/c1-19-12-9-17-15(20-2)13(14(16)18)11(12)8-10-6-4-3-5-7-10/h3-7,9H,8H2,1-2H3,(H2,16,18). The van der Waals surface area contributed by atoms with Crippen molar-refractivity contribution in [1.29, 1.82) is 0 Å². The quantitative estimate of drug-likeness (QED) is 0.900. The Morgan fingerprint density at radius 3 is 2.45 bits per heavy atom. The predicted octanol–water partition coefficient (Wildman–Crippen LogP) is 1.79. The van der Waals surface area contributed by atoms with Gasteiger partial charge in [-0.3, -0.25) is 4.79 Å². The second kappa shape index (κ2) is 6.06. The molecular formula is C15H16N2O3. The summed E-state index contributed by atoms with van der Waals surface area (Å²) < 4.78 is 10.4. The zero-order valence-electron chi connectivity index (χ0n) is 11.4. The van der Waals surface area contributed by atoms with E-state index in [9.17, 15) is 4.79 Å². The zero-order chi connectivity index (χ0) is 14.5. The van der Waals surface area contributed by atoms with Crippen molar-refractivity contribution in [1.82, 2.24) is 4.98 Å². The Morgan fingerprint density at radius 1 is 1.20 bits per heavy atom. The number of nitrogens with two attached hydrogens (primary N) is 1. The van der Waals surface area contributed by atoms with Crippen molar-refractivity contribution in [3.63, 3.8) is 0 Å². The summed E-state index contributed by atoms with van der Waals surface area (Å²) >= 11 is 0. The number of ether oxygens (including phenoxy) is 2. The average Bonchev–Trinajstić information content (AvgIpc) is 2.47. The molecule has 2 aromatic rings. The molecule has 0 saturated carbocycles. The van der Waals surface area contributed by atoms with E-state index in [0.717, 1.165) is 5.56 Å². The normalized spacial score (nSPS) is 10.1. The van der Waals surface area contributed by atoms with Crippen LogP contribution in [0.15, 0.2) is 36.5 Å². The maximum atomic E-state index is 11.7. The van der Waals surface area contributed by atoms with Crippen molar-refractivity contribution < 1.29 is 14.3 Å². The van der Waals surface area contributed by atoms with Crippen molar-refractivity contribution in [2.75, 3.05) is 14.2 Å². The Kier molecular flexibility index (Phi) is 4.20. The van der Waals surface area contributed by atoms with Crippen LogP contribution in [-0.4, -0.2) is 25.1 Å². The molecule has 1 amide bonds. The van der Waals surface area contributed by atoms with Crippen LogP contribution in [0, 0.1) is 0 Å². The summed E-state index contributed by atoms with van der Waals surface area (Å²) in [5.74, 6) is 0.145. The number of hydrogen-bond acceptors (Lipinski definition) is 4. The summed E-state index contributed by atoms with van der Waals surface area (Å²) in [5, 5.41) is 0. The van der Waals surface area contributed by atoms with Gasteiger partial charge in [-0.25, -0.2) is 4.98 Å². The molecule has 0 saturated heterocycles. The first-order valence-electron chi connectivity index (χ1n) is 6.11. The number of carbonyl (C=O) groups excluding carboxylic acids is 1. The first-order chi connectivity index (χ1) is 9.67. The molecule has 104 valence electrons. The number of rotatable bonds is 5. The number of benzene rings is 1. The molecule has 5 heteroatoms. The Balaban J connectivity index is 2.56. The smallest absolute Gasteiger partial charge is 0.254 e. The van der Waals surface area contributed by atoms with Gasteiger partial charge >= 0.3 is 0 Å². The molecule has 0 aliphatic carbocycles.